The second-order valence-electron chi connectivity index (χ2n) is 3.88. The normalized spacial score (nSPS) is 15.1. The molecule has 1 N–H and O–H groups in total. The Labute approximate surface area is 103 Å². The molecule has 0 saturated heterocycles. The van der Waals surface area contributed by atoms with E-state index in [2.05, 4.69) is 5.32 Å². The Kier molecular flexibility index (Phi) is 2.34. The number of rotatable bonds is 2. The summed E-state index contributed by atoms with van der Waals surface area (Å²) in [6.45, 7) is 0. The van der Waals surface area contributed by atoms with Crippen molar-refractivity contribution in [3.63, 3.8) is 0 Å². The highest BCUT2D eigenvalue weighted by Gasteiger charge is 2.33. The minimum atomic E-state index is -0.422. The van der Waals surface area contributed by atoms with E-state index in [4.69, 9.17) is 4.42 Å². The van der Waals surface area contributed by atoms with Crippen LogP contribution in [0.5, 0.6) is 0 Å². The molecule has 18 heavy (non-hydrogen) atoms. The van der Waals surface area contributed by atoms with E-state index in [1.54, 1.807) is 24.3 Å². The summed E-state index contributed by atoms with van der Waals surface area (Å²) in [5, 5.41) is 2.29. The summed E-state index contributed by atoms with van der Waals surface area (Å²) in [5.74, 6) is -0.413. The molecule has 4 nitrogen and oxygen atoms in total. The highest BCUT2D eigenvalue weighted by atomic mass is 16.3. The molecule has 0 aliphatic carbocycles. The van der Waals surface area contributed by atoms with Crippen molar-refractivity contribution in [1.29, 1.82) is 0 Å². The number of furan rings is 1. The molecular weight excluding hydrogens is 230 g/mol. The van der Waals surface area contributed by atoms with E-state index in [1.165, 1.54) is 6.26 Å². The molecule has 0 atom stereocenters. The van der Waals surface area contributed by atoms with Crippen LogP contribution in [0, 0.1) is 0 Å². The first-order valence-corrected chi connectivity index (χ1v) is 5.46. The molecule has 0 saturated carbocycles. The van der Waals surface area contributed by atoms with Gasteiger partial charge in [0.2, 0.25) is 0 Å². The first-order valence-electron chi connectivity index (χ1n) is 5.46. The molecule has 0 bridgehead atoms. The maximum absolute atomic E-state index is 11.9. The predicted molar refractivity (Wildman–Crippen MR) is 65.1 cm³/mol. The van der Waals surface area contributed by atoms with E-state index in [9.17, 15) is 9.59 Å². The maximum atomic E-state index is 11.9. The van der Waals surface area contributed by atoms with E-state index in [1.807, 2.05) is 18.2 Å². The van der Waals surface area contributed by atoms with E-state index >= 15 is 0 Å². The van der Waals surface area contributed by atoms with E-state index in [0.717, 1.165) is 0 Å². The van der Waals surface area contributed by atoms with Gasteiger partial charge in [-0.25, -0.2) is 0 Å². The van der Waals surface area contributed by atoms with Gasteiger partial charge in [-0.1, -0.05) is 30.3 Å². The van der Waals surface area contributed by atoms with Gasteiger partial charge in [0.25, 0.3) is 11.8 Å². The topological polar surface area (TPSA) is 59.3 Å². The molecule has 88 valence electrons. The number of imide groups is 1. The van der Waals surface area contributed by atoms with Crippen LogP contribution in [0.1, 0.15) is 11.3 Å². The van der Waals surface area contributed by atoms with Crippen LogP contribution in [-0.2, 0) is 9.59 Å². The number of hydrogen-bond acceptors (Lipinski definition) is 3. The van der Waals surface area contributed by atoms with E-state index in [-0.39, 0.29) is 5.57 Å². The van der Waals surface area contributed by atoms with Gasteiger partial charge in [0.15, 0.2) is 0 Å². The second kappa shape index (κ2) is 4.00. The molecule has 0 spiro atoms. The lowest BCUT2D eigenvalue weighted by molar-refractivity contribution is -0.122. The van der Waals surface area contributed by atoms with Crippen molar-refractivity contribution in [3.8, 4) is 0 Å². The Balaban J connectivity index is 2.24. The van der Waals surface area contributed by atoms with Gasteiger partial charge < -0.3 is 4.42 Å². The molecule has 0 unspecified atom stereocenters. The van der Waals surface area contributed by atoms with Crippen molar-refractivity contribution < 1.29 is 14.0 Å². The summed E-state index contributed by atoms with van der Waals surface area (Å²) in [6.07, 6.45) is 1.47. The Morgan fingerprint density at radius 2 is 1.56 bits per heavy atom. The zero-order valence-corrected chi connectivity index (χ0v) is 9.34. The van der Waals surface area contributed by atoms with Crippen molar-refractivity contribution in [3.05, 3.63) is 60.1 Å². The molecule has 4 heteroatoms. The summed E-state index contributed by atoms with van der Waals surface area (Å²) < 4.78 is 5.22. The molecule has 2 heterocycles. The Bertz CT molecular complexity index is 639. The van der Waals surface area contributed by atoms with Crippen LogP contribution in [0.3, 0.4) is 0 Å². The zero-order chi connectivity index (χ0) is 12.5. The minimum absolute atomic E-state index is 0.288. The average Bonchev–Trinajstić information content (AvgIpc) is 2.97. The molecule has 1 aliphatic rings. The van der Waals surface area contributed by atoms with Crippen molar-refractivity contribution in [2.24, 2.45) is 0 Å². The van der Waals surface area contributed by atoms with Crippen molar-refractivity contribution in [1.82, 2.24) is 5.32 Å². The van der Waals surface area contributed by atoms with Crippen LogP contribution in [-0.4, -0.2) is 11.8 Å². The second-order valence-corrected chi connectivity index (χ2v) is 3.88. The number of amides is 2. The largest absolute Gasteiger partial charge is 0.464 e. The van der Waals surface area contributed by atoms with Crippen molar-refractivity contribution >= 4 is 23.0 Å². The predicted octanol–water partition coefficient (Wildman–Crippen LogP) is 1.85. The van der Waals surface area contributed by atoms with Gasteiger partial charge >= 0.3 is 0 Å². The van der Waals surface area contributed by atoms with Crippen LogP contribution in [0.4, 0.5) is 0 Å². The molecule has 0 fully saturated rings. The van der Waals surface area contributed by atoms with Crippen molar-refractivity contribution in [2.75, 3.05) is 0 Å². The molecule has 1 aromatic heterocycles. The lowest BCUT2D eigenvalue weighted by atomic mass is 10.0. The van der Waals surface area contributed by atoms with Crippen molar-refractivity contribution in [2.45, 2.75) is 0 Å². The Morgan fingerprint density at radius 1 is 0.833 bits per heavy atom. The van der Waals surface area contributed by atoms with Gasteiger partial charge in [-0.2, -0.15) is 0 Å². The van der Waals surface area contributed by atoms with Crippen LogP contribution in [0.15, 0.2) is 53.1 Å². The smallest absolute Gasteiger partial charge is 0.262 e. The van der Waals surface area contributed by atoms with E-state index in [0.29, 0.717) is 16.9 Å². The van der Waals surface area contributed by atoms with E-state index < -0.39 is 11.8 Å². The molecule has 3 rings (SSSR count). The summed E-state index contributed by atoms with van der Waals surface area (Å²) in [7, 11) is 0. The third-order valence-electron chi connectivity index (χ3n) is 2.76. The van der Waals surface area contributed by atoms with Gasteiger partial charge in [0.05, 0.1) is 17.4 Å². The maximum Gasteiger partial charge on any atom is 0.262 e. The summed E-state index contributed by atoms with van der Waals surface area (Å²) >= 11 is 0. The monoisotopic (exact) mass is 239 g/mol. The fourth-order valence-electron chi connectivity index (χ4n) is 1.99. The molecule has 0 radical (unpaired) electrons. The first-order chi connectivity index (χ1) is 8.77. The third kappa shape index (κ3) is 1.55. The summed E-state index contributed by atoms with van der Waals surface area (Å²) in [6, 6.07) is 12.4. The number of benzene rings is 1. The van der Waals surface area contributed by atoms with Gasteiger partial charge in [-0.15, -0.1) is 0 Å². The average molecular weight is 239 g/mol. The molecule has 1 aliphatic heterocycles. The van der Waals surface area contributed by atoms with Crippen LogP contribution in [0.2, 0.25) is 0 Å². The van der Waals surface area contributed by atoms with Gasteiger partial charge in [0, 0.05) is 0 Å². The first kappa shape index (κ1) is 10.5. The van der Waals surface area contributed by atoms with Gasteiger partial charge in [-0.3, -0.25) is 14.9 Å². The fraction of sp³-hybridized carbons (Fsp3) is 0. The standard InChI is InChI=1S/C14H9NO3/c16-13-11(9-5-2-1-3-6-9)12(14(17)15-13)10-7-4-8-18-10/h1-8H,(H,15,16,17). The molecule has 2 amide bonds. The van der Waals surface area contributed by atoms with Crippen LogP contribution < -0.4 is 5.32 Å². The SMILES string of the molecule is O=C1NC(=O)C(c2ccco2)=C1c1ccccc1. The Morgan fingerprint density at radius 3 is 2.22 bits per heavy atom. The quantitative estimate of drug-likeness (QED) is 0.813. The summed E-state index contributed by atoms with van der Waals surface area (Å²) in [5.41, 5.74) is 1.35. The number of nitrogens with one attached hydrogen (secondary N) is 1. The molecule has 2 aromatic rings. The van der Waals surface area contributed by atoms with Gasteiger partial charge in [-0.05, 0) is 17.7 Å². The zero-order valence-electron chi connectivity index (χ0n) is 9.34. The summed E-state index contributed by atoms with van der Waals surface area (Å²) in [4.78, 5) is 23.7. The lowest BCUT2D eigenvalue weighted by Gasteiger charge is -2.01. The highest BCUT2D eigenvalue weighted by Crippen LogP contribution is 2.30. The highest BCUT2D eigenvalue weighted by molar-refractivity contribution is 6.48. The van der Waals surface area contributed by atoms with Crippen LogP contribution >= 0.6 is 0 Å². The fourth-order valence-corrected chi connectivity index (χ4v) is 1.99. The molecule has 1 aromatic carbocycles. The third-order valence-corrected chi connectivity index (χ3v) is 2.76. The minimum Gasteiger partial charge on any atom is -0.464 e. The Hall–Kier alpha value is -2.62. The number of hydrogen-bond donors (Lipinski definition) is 1. The van der Waals surface area contributed by atoms with Gasteiger partial charge in [0.1, 0.15) is 5.76 Å². The number of carbonyl (C=O) groups is 2. The van der Waals surface area contributed by atoms with Crippen LogP contribution in [0.25, 0.3) is 11.1 Å². The lowest BCUT2D eigenvalue weighted by Crippen LogP contribution is -2.22. The number of carbonyl (C=O) groups excluding carboxylic acids is 2. The molecular formula is C14H9NO3.